The Morgan fingerprint density at radius 2 is 0.646 bits per heavy atom. The normalized spacial score (nSPS) is 10.5. The van der Waals surface area contributed by atoms with Gasteiger partial charge >= 0.3 is 0 Å². The number of aryl methyl sites for hydroxylation is 1. The van der Waals surface area contributed by atoms with Gasteiger partial charge in [-0.25, -0.2) is 0 Å². The maximum absolute atomic E-state index is 2.33. The number of rotatable bonds is 8. The lowest BCUT2D eigenvalue weighted by Gasteiger charge is -2.26. The number of nitrogens with zero attached hydrogens (tertiary/aromatic N) is 2. The molecular formula is C46H42N2. The molecule has 0 atom stereocenters. The van der Waals surface area contributed by atoms with Crippen molar-refractivity contribution in [3.8, 4) is 33.4 Å². The first-order valence-electron chi connectivity index (χ1n) is 16.7. The van der Waals surface area contributed by atoms with Crippen LogP contribution < -0.4 is 9.80 Å². The molecule has 7 rings (SSSR count). The summed E-state index contributed by atoms with van der Waals surface area (Å²) >= 11 is 0. The van der Waals surface area contributed by atoms with Crippen molar-refractivity contribution in [2.75, 3.05) is 16.8 Å². The molecule has 7 aromatic carbocycles. The molecule has 2 nitrogen and oxygen atoms in total. The summed E-state index contributed by atoms with van der Waals surface area (Å²) < 4.78 is 0. The van der Waals surface area contributed by atoms with Gasteiger partial charge in [0.15, 0.2) is 0 Å². The van der Waals surface area contributed by atoms with Crippen LogP contribution >= 0.6 is 0 Å². The van der Waals surface area contributed by atoms with Crippen molar-refractivity contribution >= 4 is 28.4 Å². The lowest BCUT2D eigenvalue weighted by Crippen LogP contribution is -2.10. The van der Waals surface area contributed by atoms with Crippen molar-refractivity contribution in [2.45, 2.75) is 20.8 Å². The first kappa shape index (κ1) is 32.1. The van der Waals surface area contributed by atoms with E-state index in [1.165, 1.54) is 44.6 Å². The minimum Gasteiger partial charge on any atom is -0.345 e. The second-order valence-electron chi connectivity index (χ2n) is 11.7. The summed E-state index contributed by atoms with van der Waals surface area (Å²) in [7, 11) is 2.12. The smallest absolute Gasteiger partial charge is 0.0462 e. The van der Waals surface area contributed by atoms with Gasteiger partial charge in [0, 0.05) is 35.5 Å². The summed E-state index contributed by atoms with van der Waals surface area (Å²) in [4.78, 5) is 4.55. The van der Waals surface area contributed by atoms with E-state index in [1.807, 2.05) is 13.8 Å². The maximum atomic E-state index is 2.33. The van der Waals surface area contributed by atoms with Crippen molar-refractivity contribution < 1.29 is 0 Å². The lowest BCUT2D eigenvalue weighted by atomic mass is 10.0. The van der Waals surface area contributed by atoms with E-state index in [0.29, 0.717) is 0 Å². The minimum atomic E-state index is 1.11. The monoisotopic (exact) mass is 622 g/mol. The molecule has 0 aromatic heterocycles. The highest BCUT2D eigenvalue weighted by atomic mass is 15.1. The summed E-state index contributed by atoms with van der Waals surface area (Å²) in [5.74, 6) is 0. The van der Waals surface area contributed by atoms with E-state index >= 15 is 0 Å². The summed E-state index contributed by atoms with van der Waals surface area (Å²) in [6, 6.07) is 65.0. The summed E-state index contributed by atoms with van der Waals surface area (Å²) in [6.07, 6.45) is 0. The van der Waals surface area contributed by atoms with Gasteiger partial charge < -0.3 is 9.80 Å². The Bertz CT molecular complexity index is 1930. The van der Waals surface area contributed by atoms with Crippen molar-refractivity contribution in [1.29, 1.82) is 0 Å². The Morgan fingerprint density at radius 3 is 1.00 bits per heavy atom. The van der Waals surface area contributed by atoms with Crippen LogP contribution in [0, 0.1) is 6.92 Å². The highest BCUT2D eigenvalue weighted by Gasteiger charge is 2.14. The van der Waals surface area contributed by atoms with Crippen LogP contribution in [-0.2, 0) is 0 Å². The van der Waals surface area contributed by atoms with E-state index in [0.717, 1.165) is 22.7 Å². The van der Waals surface area contributed by atoms with Crippen molar-refractivity contribution in [1.82, 2.24) is 0 Å². The molecule has 0 radical (unpaired) electrons. The molecule has 0 unspecified atom stereocenters. The van der Waals surface area contributed by atoms with Crippen LogP contribution in [0.5, 0.6) is 0 Å². The highest BCUT2D eigenvalue weighted by molar-refractivity contribution is 5.81. The Labute approximate surface area is 286 Å². The third-order valence-electron chi connectivity index (χ3n) is 8.57. The van der Waals surface area contributed by atoms with Crippen molar-refractivity contribution in [3.63, 3.8) is 0 Å². The minimum absolute atomic E-state index is 1.11. The van der Waals surface area contributed by atoms with E-state index in [9.17, 15) is 0 Å². The Morgan fingerprint density at radius 1 is 0.312 bits per heavy atom. The predicted molar refractivity (Wildman–Crippen MR) is 208 cm³/mol. The third-order valence-corrected chi connectivity index (χ3v) is 8.57. The fraction of sp³-hybridized carbons (Fsp3) is 0.0870. The molecule has 0 saturated heterocycles. The number of anilines is 5. The quantitative estimate of drug-likeness (QED) is 0.166. The van der Waals surface area contributed by atoms with Crippen LogP contribution in [-0.4, -0.2) is 7.05 Å². The first-order chi connectivity index (χ1) is 23.6. The zero-order chi connectivity index (χ0) is 33.3. The van der Waals surface area contributed by atoms with Gasteiger partial charge in [-0.2, -0.15) is 0 Å². The molecule has 0 spiro atoms. The topological polar surface area (TPSA) is 6.48 Å². The fourth-order valence-corrected chi connectivity index (χ4v) is 5.98. The molecule has 0 aliphatic carbocycles. The Kier molecular flexibility index (Phi) is 10.1. The average molecular weight is 623 g/mol. The predicted octanol–water partition coefficient (Wildman–Crippen LogP) is 13.3. The van der Waals surface area contributed by atoms with Gasteiger partial charge in [-0.15, -0.1) is 0 Å². The largest absolute Gasteiger partial charge is 0.345 e. The van der Waals surface area contributed by atoms with Crippen LogP contribution in [0.3, 0.4) is 0 Å². The van der Waals surface area contributed by atoms with E-state index in [1.54, 1.807) is 0 Å². The summed E-state index contributed by atoms with van der Waals surface area (Å²) in [6.45, 7) is 6.13. The van der Waals surface area contributed by atoms with Gasteiger partial charge in [0.05, 0.1) is 0 Å². The summed E-state index contributed by atoms with van der Waals surface area (Å²) in [5, 5.41) is 0. The molecule has 0 fully saturated rings. The highest BCUT2D eigenvalue weighted by Crippen LogP contribution is 2.38. The number of hydrogen-bond donors (Lipinski definition) is 0. The standard InChI is InChI=1S/C44H36N2.C2H6/c1-33-10-9-15-44(32-33)45(2)40-24-16-38(17-25-40)39-22-30-43(31-23-39)46(41-26-18-36(19-27-41)34-11-5-3-6-12-34)42-28-20-37(21-29-42)35-13-7-4-8-14-35;1-2/h3-32H,1-2H3;1-2H3. The molecule has 0 saturated carbocycles. The van der Waals surface area contributed by atoms with Gasteiger partial charge in [-0.3, -0.25) is 0 Å². The second kappa shape index (κ2) is 15.2. The van der Waals surface area contributed by atoms with E-state index < -0.39 is 0 Å². The Hall–Kier alpha value is -5.86. The zero-order valence-electron chi connectivity index (χ0n) is 28.2. The molecule has 0 N–H and O–H groups in total. The number of hydrogen-bond acceptors (Lipinski definition) is 2. The van der Waals surface area contributed by atoms with Gasteiger partial charge in [0.25, 0.3) is 0 Å². The zero-order valence-corrected chi connectivity index (χ0v) is 28.2. The average Bonchev–Trinajstić information content (AvgIpc) is 3.17. The molecule has 236 valence electrons. The lowest BCUT2D eigenvalue weighted by molar-refractivity contribution is 1.20. The molecule has 0 heterocycles. The van der Waals surface area contributed by atoms with Crippen molar-refractivity contribution in [3.05, 3.63) is 188 Å². The van der Waals surface area contributed by atoms with Gasteiger partial charge in [-0.05, 0) is 107 Å². The molecular weight excluding hydrogens is 581 g/mol. The van der Waals surface area contributed by atoms with Gasteiger partial charge in [0.2, 0.25) is 0 Å². The second-order valence-corrected chi connectivity index (χ2v) is 11.7. The summed E-state index contributed by atoms with van der Waals surface area (Å²) in [5.41, 5.74) is 14.2. The van der Waals surface area contributed by atoms with E-state index in [-0.39, 0.29) is 0 Å². The Balaban J connectivity index is 0.00000197. The van der Waals surface area contributed by atoms with E-state index in [2.05, 4.69) is 206 Å². The first-order valence-corrected chi connectivity index (χ1v) is 16.7. The molecule has 7 aromatic rings. The van der Waals surface area contributed by atoms with Crippen LogP contribution in [0.15, 0.2) is 182 Å². The molecule has 0 aliphatic rings. The molecule has 0 aliphatic heterocycles. The van der Waals surface area contributed by atoms with Crippen LogP contribution in [0.4, 0.5) is 28.4 Å². The van der Waals surface area contributed by atoms with Gasteiger partial charge in [0.1, 0.15) is 0 Å². The molecule has 0 amide bonds. The molecule has 48 heavy (non-hydrogen) atoms. The maximum Gasteiger partial charge on any atom is 0.0462 e. The van der Waals surface area contributed by atoms with Crippen molar-refractivity contribution in [2.24, 2.45) is 0 Å². The third kappa shape index (κ3) is 7.24. The fourth-order valence-electron chi connectivity index (χ4n) is 5.98. The number of benzene rings is 7. The SMILES string of the molecule is CC.Cc1cccc(N(C)c2ccc(-c3ccc(N(c4ccc(-c5ccccc5)cc4)c4ccc(-c5ccccc5)cc4)cc3)cc2)c1. The molecule has 0 bridgehead atoms. The van der Waals surface area contributed by atoms with Crippen LogP contribution in [0.2, 0.25) is 0 Å². The van der Waals surface area contributed by atoms with Crippen LogP contribution in [0.25, 0.3) is 33.4 Å². The van der Waals surface area contributed by atoms with Gasteiger partial charge in [-0.1, -0.05) is 135 Å². The molecule has 2 heteroatoms. The van der Waals surface area contributed by atoms with Crippen LogP contribution in [0.1, 0.15) is 19.4 Å². The van der Waals surface area contributed by atoms with E-state index in [4.69, 9.17) is 0 Å².